The minimum atomic E-state index is -0.638. The number of benzene rings is 1. The fraction of sp³-hybridized carbons (Fsp3) is 0.154. The molecule has 5 nitrogen and oxygen atoms in total. The lowest BCUT2D eigenvalue weighted by molar-refractivity contribution is -0.118. The van der Waals surface area contributed by atoms with Gasteiger partial charge in [0.1, 0.15) is 0 Å². The standard InChI is InChI=1S/C13H10N2O3/c1-8(16)14-7-3-5-9-4-2-6-10-11(9)12(17)13(18)15-10/h2,4,6H,7H2,1H3,(H,14,16)(H,15,17,18). The van der Waals surface area contributed by atoms with Crippen molar-refractivity contribution >= 4 is 23.3 Å². The zero-order chi connectivity index (χ0) is 13.1. The second-order valence-electron chi connectivity index (χ2n) is 3.72. The molecular weight excluding hydrogens is 232 g/mol. The molecule has 0 atom stereocenters. The Morgan fingerprint density at radius 2 is 2.17 bits per heavy atom. The summed E-state index contributed by atoms with van der Waals surface area (Å²) >= 11 is 0. The fourth-order valence-corrected chi connectivity index (χ4v) is 1.61. The van der Waals surface area contributed by atoms with Crippen molar-refractivity contribution in [1.29, 1.82) is 0 Å². The zero-order valence-corrected chi connectivity index (χ0v) is 9.66. The predicted molar refractivity (Wildman–Crippen MR) is 65.0 cm³/mol. The smallest absolute Gasteiger partial charge is 0.296 e. The summed E-state index contributed by atoms with van der Waals surface area (Å²) in [5.74, 6) is 4.12. The SMILES string of the molecule is CC(=O)NCC#Cc1cccc2c1C(=O)C(=O)N2. The number of ketones is 1. The van der Waals surface area contributed by atoms with E-state index in [1.807, 2.05) is 0 Å². The number of fused-ring (bicyclic) bond motifs is 1. The van der Waals surface area contributed by atoms with E-state index in [2.05, 4.69) is 22.5 Å². The molecular formula is C13H10N2O3. The van der Waals surface area contributed by atoms with Gasteiger partial charge in [0, 0.05) is 12.5 Å². The predicted octanol–water partition coefficient (Wildman–Crippen LogP) is 0.309. The van der Waals surface area contributed by atoms with Gasteiger partial charge >= 0.3 is 0 Å². The normalized spacial score (nSPS) is 12.3. The molecule has 90 valence electrons. The highest BCUT2D eigenvalue weighted by Crippen LogP contribution is 2.25. The highest BCUT2D eigenvalue weighted by molar-refractivity contribution is 6.52. The first-order valence-electron chi connectivity index (χ1n) is 5.31. The third-order valence-corrected chi connectivity index (χ3v) is 2.39. The number of hydrogen-bond acceptors (Lipinski definition) is 3. The average Bonchev–Trinajstić information content (AvgIpc) is 2.61. The molecule has 1 aliphatic rings. The van der Waals surface area contributed by atoms with E-state index >= 15 is 0 Å². The van der Waals surface area contributed by atoms with Crippen LogP contribution in [0, 0.1) is 11.8 Å². The Hall–Kier alpha value is -2.61. The number of Topliss-reactive ketones (excluding diaryl/α,β-unsaturated/α-hetero) is 1. The molecule has 0 saturated heterocycles. The highest BCUT2D eigenvalue weighted by atomic mass is 16.2. The maximum atomic E-state index is 11.6. The largest absolute Gasteiger partial charge is 0.345 e. The molecule has 2 amide bonds. The number of anilines is 1. The van der Waals surface area contributed by atoms with E-state index in [9.17, 15) is 14.4 Å². The molecule has 0 saturated carbocycles. The van der Waals surface area contributed by atoms with Crippen LogP contribution in [0.4, 0.5) is 5.69 Å². The van der Waals surface area contributed by atoms with Crippen LogP contribution in [-0.2, 0) is 9.59 Å². The maximum Gasteiger partial charge on any atom is 0.296 e. The number of hydrogen-bond donors (Lipinski definition) is 2. The quantitative estimate of drug-likeness (QED) is 0.549. The molecule has 0 fully saturated rings. The second-order valence-corrected chi connectivity index (χ2v) is 3.72. The molecule has 1 aromatic rings. The molecule has 0 aliphatic carbocycles. The first kappa shape index (κ1) is 11.9. The van der Waals surface area contributed by atoms with Crippen molar-refractivity contribution in [2.75, 3.05) is 11.9 Å². The molecule has 2 N–H and O–H groups in total. The van der Waals surface area contributed by atoms with Gasteiger partial charge in [-0.1, -0.05) is 17.9 Å². The van der Waals surface area contributed by atoms with Gasteiger partial charge in [-0.2, -0.15) is 0 Å². The van der Waals surface area contributed by atoms with E-state index < -0.39 is 11.7 Å². The van der Waals surface area contributed by atoms with Crippen LogP contribution in [0.2, 0.25) is 0 Å². The van der Waals surface area contributed by atoms with Crippen molar-refractivity contribution in [2.24, 2.45) is 0 Å². The Labute approximate surface area is 104 Å². The third-order valence-electron chi connectivity index (χ3n) is 2.39. The van der Waals surface area contributed by atoms with Gasteiger partial charge in [0.25, 0.3) is 11.7 Å². The molecule has 1 aliphatic heterocycles. The highest BCUT2D eigenvalue weighted by Gasteiger charge is 2.29. The molecule has 0 aromatic heterocycles. The van der Waals surface area contributed by atoms with E-state index in [4.69, 9.17) is 0 Å². The Morgan fingerprint density at radius 1 is 1.39 bits per heavy atom. The molecule has 0 radical (unpaired) electrons. The Bertz CT molecular complexity index is 608. The lowest BCUT2D eigenvalue weighted by Crippen LogP contribution is -2.19. The van der Waals surface area contributed by atoms with Gasteiger partial charge < -0.3 is 10.6 Å². The third kappa shape index (κ3) is 2.23. The van der Waals surface area contributed by atoms with E-state index in [0.29, 0.717) is 16.8 Å². The number of rotatable bonds is 1. The average molecular weight is 242 g/mol. The first-order valence-corrected chi connectivity index (χ1v) is 5.31. The van der Waals surface area contributed by atoms with Crippen molar-refractivity contribution < 1.29 is 14.4 Å². The second kappa shape index (κ2) is 4.72. The first-order chi connectivity index (χ1) is 8.59. The molecule has 18 heavy (non-hydrogen) atoms. The molecule has 2 rings (SSSR count). The van der Waals surface area contributed by atoms with Gasteiger partial charge in [0.15, 0.2) is 0 Å². The number of carbonyl (C=O) groups is 3. The van der Waals surface area contributed by atoms with Crippen molar-refractivity contribution in [3.8, 4) is 11.8 Å². The lowest BCUT2D eigenvalue weighted by Gasteiger charge is -1.98. The molecule has 0 bridgehead atoms. The summed E-state index contributed by atoms with van der Waals surface area (Å²) in [5, 5.41) is 4.99. The summed E-state index contributed by atoms with van der Waals surface area (Å²) in [7, 11) is 0. The number of amides is 2. The van der Waals surface area contributed by atoms with Gasteiger partial charge in [-0.05, 0) is 12.1 Å². The molecule has 0 unspecified atom stereocenters. The monoisotopic (exact) mass is 242 g/mol. The minimum Gasteiger partial charge on any atom is -0.345 e. The van der Waals surface area contributed by atoms with Crippen LogP contribution >= 0.6 is 0 Å². The molecule has 0 spiro atoms. The van der Waals surface area contributed by atoms with E-state index in [1.165, 1.54) is 6.92 Å². The van der Waals surface area contributed by atoms with E-state index in [1.54, 1.807) is 18.2 Å². The van der Waals surface area contributed by atoms with Crippen LogP contribution in [0.3, 0.4) is 0 Å². The van der Waals surface area contributed by atoms with Crippen LogP contribution in [0.1, 0.15) is 22.8 Å². The van der Waals surface area contributed by atoms with Gasteiger partial charge in [-0.25, -0.2) is 0 Å². The topological polar surface area (TPSA) is 75.3 Å². The van der Waals surface area contributed by atoms with Gasteiger partial charge in [-0.3, -0.25) is 14.4 Å². The van der Waals surface area contributed by atoms with E-state index in [0.717, 1.165) is 0 Å². The summed E-state index contributed by atoms with van der Waals surface area (Å²) in [4.78, 5) is 33.5. The summed E-state index contributed by atoms with van der Waals surface area (Å²) in [5.41, 5.74) is 1.27. The fourth-order valence-electron chi connectivity index (χ4n) is 1.61. The molecule has 5 heteroatoms. The van der Waals surface area contributed by atoms with Crippen LogP contribution in [-0.4, -0.2) is 24.1 Å². The number of nitrogens with one attached hydrogen (secondary N) is 2. The maximum absolute atomic E-state index is 11.6. The lowest BCUT2D eigenvalue weighted by atomic mass is 10.0. The van der Waals surface area contributed by atoms with Crippen LogP contribution < -0.4 is 10.6 Å². The van der Waals surface area contributed by atoms with Gasteiger partial charge in [0.05, 0.1) is 17.8 Å². The van der Waals surface area contributed by atoms with Crippen molar-refractivity contribution in [3.05, 3.63) is 29.3 Å². The van der Waals surface area contributed by atoms with Gasteiger partial charge in [-0.15, -0.1) is 0 Å². The summed E-state index contributed by atoms with van der Waals surface area (Å²) < 4.78 is 0. The minimum absolute atomic E-state index is 0.171. The Balaban J connectivity index is 2.26. The Morgan fingerprint density at radius 3 is 2.89 bits per heavy atom. The van der Waals surface area contributed by atoms with Crippen LogP contribution in [0.25, 0.3) is 0 Å². The number of carbonyl (C=O) groups excluding carboxylic acids is 3. The van der Waals surface area contributed by atoms with Crippen LogP contribution in [0.15, 0.2) is 18.2 Å². The van der Waals surface area contributed by atoms with E-state index in [-0.39, 0.29) is 12.5 Å². The zero-order valence-electron chi connectivity index (χ0n) is 9.66. The Kier molecular flexibility index (Phi) is 3.11. The van der Waals surface area contributed by atoms with Crippen molar-refractivity contribution in [3.63, 3.8) is 0 Å². The summed E-state index contributed by atoms with van der Waals surface area (Å²) in [6.07, 6.45) is 0. The summed E-state index contributed by atoms with van der Waals surface area (Å²) in [6, 6.07) is 5.02. The molecule has 1 aromatic carbocycles. The van der Waals surface area contributed by atoms with Gasteiger partial charge in [0.2, 0.25) is 5.91 Å². The van der Waals surface area contributed by atoms with Crippen molar-refractivity contribution in [2.45, 2.75) is 6.92 Å². The van der Waals surface area contributed by atoms with Crippen molar-refractivity contribution in [1.82, 2.24) is 5.32 Å². The summed E-state index contributed by atoms with van der Waals surface area (Å²) in [6.45, 7) is 1.60. The van der Waals surface area contributed by atoms with Crippen LogP contribution in [0.5, 0.6) is 0 Å². The molecule has 1 heterocycles.